The van der Waals surface area contributed by atoms with Gasteiger partial charge in [0.05, 0.1) is 11.4 Å². The first kappa shape index (κ1) is 21.1. The first-order chi connectivity index (χ1) is 15.5. The maximum atomic E-state index is 12.6. The van der Waals surface area contributed by atoms with Crippen molar-refractivity contribution in [3.05, 3.63) is 101 Å². The molecule has 7 nitrogen and oxygen atoms in total. The van der Waals surface area contributed by atoms with Gasteiger partial charge in [-0.2, -0.15) is 0 Å². The number of ether oxygens (including phenoxy) is 2. The highest BCUT2D eigenvalue weighted by atomic mass is 16.5. The molecule has 0 spiro atoms. The summed E-state index contributed by atoms with van der Waals surface area (Å²) in [4.78, 5) is 29.5. The maximum absolute atomic E-state index is 12.6. The van der Waals surface area contributed by atoms with E-state index in [1.165, 1.54) is 10.5 Å². The average molecular weight is 429 g/mol. The molecule has 0 bridgehead atoms. The van der Waals surface area contributed by atoms with Crippen LogP contribution in [0.3, 0.4) is 0 Å². The number of aromatic nitrogens is 2. The minimum Gasteiger partial charge on any atom is -0.485 e. The molecule has 162 valence electrons. The van der Waals surface area contributed by atoms with E-state index in [0.717, 1.165) is 5.56 Å². The molecule has 32 heavy (non-hydrogen) atoms. The number of para-hydroxylation sites is 3. The molecule has 4 aromatic rings. The number of carbonyl (C=O) groups is 1. The number of hydrogen-bond acceptors (Lipinski definition) is 5. The SMILES string of the molecule is Cc1ccc2nc(COc3ccccc3NC(=O)[C@H](C)Oc3ccccc3)cc(=O)n2c1. The van der Waals surface area contributed by atoms with Crippen LogP contribution in [0.15, 0.2) is 83.8 Å². The van der Waals surface area contributed by atoms with Crippen molar-refractivity contribution in [3.63, 3.8) is 0 Å². The molecule has 0 saturated heterocycles. The van der Waals surface area contributed by atoms with Crippen molar-refractivity contribution in [1.29, 1.82) is 0 Å². The number of aryl methyl sites for hydroxylation is 1. The van der Waals surface area contributed by atoms with Crippen LogP contribution in [-0.4, -0.2) is 21.4 Å². The van der Waals surface area contributed by atoms with Gasteiger partial charge in [0.2, 0.25) is 0 Å². The zero-order valence-electron chi connectivity index (χ0n) is 17.8. The predicted molar refractivity (Wildman–Crippen MR) is 122 cm³/mol. The third kappa shape index (κ3) is 4.95. The third-order valence-electron chi connectivity index (χ3n) is 4.81. The summed E-state index contributed by atoms with van der Waals surface area (Å²) in [6.45, 7) is 3.68. The summed E-state index contributed by atoms with van der Waals surface area (Å²) in [6.07, 6.45) is 1.05. The Morgan fingerprint density at radius 1 is 1.06 bits per heavy atom. The van der Waals surface area contributed by atoms with E-state index in [4.69, 9.17) is 9.47 Å². The summed E-state index contributed by atoms with van der Waals surface area (Å²) >= 11 is 0. The molecule has 0 aliphatic heterocycles. The Bertz CT molecular complexity index is 1300. The largest absolute Gasteiger partial charge is 0.485 e. The first-order valence-electron chi connectivity index (χ1n) is 10.2. The van der Waals surface area contributed by atoms with Crippen LogP contribution in [0.25, 0.3) is 5.65 Å². The van der Waals surface area contributed by atoms with Crippen molar-refractivity contribution in [3.8, 4) is 11.5 Å². The van der Waals surface area contributed by atoms with Crippen molar-refractivity contribution in [1.82, 2.24) is 9.38 Å². The van der Waals surface area contributed by atoms with Crippen molar-refractivity contribution < 1.29 is 14.3 Å². The molecule has 1 amide bonds. The number of amides is 1. The topological polar surface area (TPSA) is 81.9 Å². The number of rotatable bonds is 7. The Balaban J connectivity index is 1.46. The Morgan fingerprint density at radius 2 is 1.81 bits per heavy atom. The number of nitrogens with zero attached hydrogens (tertiary/aromatic N) is 2. The van der Waals surface area contributed by atoms with Gasteiger partial charge in [-0.05, 0) is 49.7 Å². The fraction of sp³-hybridized carbons (Fsp3) is 0.160. The first-order valence-corrected chi connectivity index (χ1v) is 10.2. The van der Waals surface area contributed by atoms with Crippen LogP contribution >= 0.6 is 0 Å². The zero-order chi connectivity index (χ0) is 22.5. The molecule has 0 aliphatic carbocycles. The minimum atomic E-state index is -0.698. The molecule has 0 aliphatic rings. The number of hydrogen-bond donors (Lipinski definition) is 1. The number of fused-ring (bicyclic) bond motifs is 1. The minimum absolute atomic E-state index is 0.0859. The fourth-order valence-electron chi connectivity index (χ4n) is 3.17. The molecule has 1 atom stereocenters. The molecule has 2 heterocycles. The Labute approximate surface area is 185 Å². The number of pyridine rings is 1. The molecule has 0 fully saturated rings. The van der Waals surface area contributed by atoms with E-state index in [2.05, 4.69) is 10.3 Å². The van der Waals surface area contributed by atoms with Gasteiger partial charge < -0.3 is 14.8 Å². The van der Waals surface area contributed by atoms with Crippen LogP contribution in [0.2, 0.25) is 0 Å². The summed E-state index contributed by atoms with van der Waals surface area (Å²) < 4.78 is 13.1. The van der Waals surface area contributed by atoms with Gasteiger partial charge in [0.25, 0.3) is 11.5 Å². The third-order valence-corrected chi connectivity index (χ3v) is 4.81. The zero-order valence-corrected chi connectivity index (χ0v) is 17.8. The van der Waals surface area contributed by atoms with E-state index < -0.39 is 6.10 Å². The molecular weight excluding hydrogens is 406 g/mol. The van der Waals surface area contributed by atoms with E-state index in [9.17, 15) is 9.59 Å². The smallest absolute Gasteiger partial charge is 0.265 e. The lowest BCUT2D eigenvalue weighted by Crippen LogP contribution is -2.30. The van der Waals surface area contributed by atoms with Gasteiger partial charge in [-0.25, -0.2) is 4.98 Å². The lowest BCUT2D eigenvalue weighted by atomic mass is 10.2. The highest BCUT2D eigenvalue weighted by Gasteiger charge is 2.17. The van der Waals surface area contributed by atoms with E-state index in [-0.39, 0.29) is 18.1 Å². The van der Waals surface area contributed by atoms with Crippen LogP contribution in [0.1, 0.15) is 18.2 Å². The molecule has 2 aromatic carbocycles. The number of nitrogens with one attached hydrogen (secondary N) is 1. The highest BCUT2D eigenvalue weighted by Crippen LogP contribution is 2.25. The van der Waals surface area contributed by atoms with Crippen molar-refractivity contribution in [2.75, 3.05) is 5.32 Å². The van der Waals surface area contributed by atoms with Crippen LogP contribution in [0, 0.1) is 6.92 Å². The average Bonchev–Trinajstić information content (AvgIpc) is 2.79. The van der Waals surface area contributed by atoms with Crippen molar-refractivity contribution in [2.45, 2.75) is 26.6 Å². The standard InChI is InChI=1S/C25H23N3O4/c1-17-12-13-23-26-19(14-24(29)28(23)15-17)16-31-22-11-7-6-10-21(22)27-25(30)18(2)32-20-8-4-3-5-9-20/h3-15,18H,16H2,1-2H3,(H,27,30)/t18-/m0/s1. The molecule has 0 saturated carbocycles. The molecule has 1 N–H and O–H groups in total. The van der Waals surface area contributed by atoms with Crippen molar-refractivity contribution in [2.24, 2.45) is 0 Å². The van der Waals surface area contributed by atoms with E-state index in [1.54, 1.807) is 55.6 Å². The second-order valence-electron chi connectivity index (χ2n) is 7.37. The van der Waals surface area contributed by atoms with Gasteiger partial charge in [0.1, 0.15) is 23.8 Å². The normalized spacial score (nSPS) is 11.7. The summed E-state index contributed by atoms with van der Waals surface area (Å²) in [5, 5.41) is 2.84. The second kappa shape index (κ2) is 9.34. The quantitative estimate of drug-likeness (QED) is 0.480. The number of anilines is 1. The van der Waals surface area contributed by atoms with Gasteiger partial charge in [0.15, 0.2) is 6.10 Å². The molecular formula is C25H23N3O4. The molecule has 0 radical (unpaired) electrons. The summed E-state index contributed by atoms with van der Waals surface area (Å²) in [6, 6.07) is 21.4. The van der Waals surface area contributed by atoms with Gasteiger partial charge in [0, 0.05) is 12.3 Å². The lowest BCUT2D eigenvalue weighted by molar-refractivity contribution is -0.122. The van der Waals surface area contributed by atoms with E-state index in [1.807, 2.05) is 31.2 Å². The maximum Gasteiger partial charge on any atom is 0.265 e. The highest BCUT2D eigenvalue weighted by molar-refractivity contribution is 5.95. The number of carbonyl (C=O) groups excluding carboxylic acids is 1. The van der Waals surface area contributed by atoms with Crippen molar-refractivity contribution >= 4 is 17.2 Å². The van der Waals surface area contributed by atoms with Crippen LogP contribution < -0.4 is 20.3 Å². The van der Waals surface area contributed by atoms with Crippen LogP contribution in [0.4, 0.5) is 5.69 Å². The van der Waals surface area contributed by atoms with Gasteiger partial charge in [-0.1, -0.05) is 36.4 Å². The summed E-state index contributed by atoms with van der Waals surface area (Å²) in [5.41, 5.74) is 2.36. The molecule has 7 heteroatoms. The molecule has 4 rings (SSSR count). The number of benzene rings is 2. The summed E-state index contributed by atoms with van der Waals surface area (Å²) in [7, 11) is 0. The molecule has 2 aromatic heterocycles. The lowest BCUT2D eigenvalue weighted by Gasteiger charge is -2.16. The fourth-order valence-corrected chi connectivity index (χ4v) is 3.17. The predicted octanol–water partition coefficient (Wildman–Crippen LogP) is 3.99. The van der Waals surface area contributed by atoms with Crippen LogP contribution in [-0.2, 0) is 11.4 Å². The van der Waals surface area contributed by atoms with Gasteiger partial charge in [-0.3, -0.25) is 14.0 Å². The Kier molecular flexibility index (Phi) is 6.17. The monoisotopic (exact) mass is 429 g/mol. The Morgan fingerprint density at radius 3 is 2.62 bits per heavy atom. The van der Waals surface area contributed by atoms with Gasteiger partial charge in [-0.15, -0.1) is 0 Å². The van der Waals surface area contributed by atoms with Gasteiger partial charge >= 0.3 is 0 Å². The van der Waals surface area contributed by atoms with E-state index >= 15 is 0 Å². The summed E-state index contributed by atoms with van der Waals surface area (Å²) in [5.74, 6) is 0.782. The second-order valence-corrected chi connectivity index (χ2v) is 7.37. The molecule has 0 unspecified atom stereocenters. The van der Waals surface area contributed by atoms with Crippen LogP contribution in [0.5, 0.6) is 11.5 Å². The Hall–Kier alpha value is -4.13. The van der Waals surface area contributed by atoms with E-state index in [0.29, 0.717) is 28.5 Å².